The molecule has 0 aliphatic carbocycles. The zero-order valence-electron chi connectivity index (χ0n) is 6.90. The van der Waals surface area contributed by atoms with Crippen molar-refractivity contribution >= 4 is 11.8 Å². The Morgan fingerprint density at radius 1 is 1.36 bits per heavy atom. The summed E-state index contributed by atoms with van der Waals surface area (Å²) in [5, 5.41) is 26.9. The van der Waals surface area contributed by atoms with Gasteiger partial charge in [0.2, 0.25) is 0 Å². The summed E-state index contributed by atoms with van der Waals surface area (Å²) in [7, 11) is 0. The Morgan fingerprint density at radius 2 is 1.91 bits per heavy atom. The topological polar surface area (TPSA) is 60.7 Å². The van der Waals surface area contributed by atoms with Gasteiger partial charge in [-0.15, -0.1) is 0 Å². The minimum Gasteiger partial charge on any atom is -0.396 e. The standard InChI is InChI=1S/C7H16O3S/c1-5(9)7(10)6(11-2)3-4-8/h5-10H,3-4H2,1-2H3. The normalized spacial score (nSPS) is 19.4. The summed E-state index contributed by atoms with van der Waals surface area (Å²) < 4.78 is 0. The first-order chi connectivity index (χ1) is 5.13. The van der Waals surface area contributed by atoms with Crippen molar-refractivity contribution < 1.29 is 15.3 Å². The SMILES string of the molecule is CSC(CCO)C(O)C(C)O. The van der Waals surface area contributed by atoms with Crippen LogP contribution in [-0.4, -0.2) is 45.6 Å². The number of aliphatic hydroxyl groups excluding tert-OH is 3. The second kappa shape index (κ2) is 5.83. The van der Waals surface area contributed by atoms with Crippen LogP contribution in [0.25, 0.3) is 0 Å². The summed E-state index contributed by atoms with van der Waals surface area (Å²) in [6.45, 7) is 1.60. The van der Waals surface area contributed by atoms with Gasteiger partial charge in [0, 0.05) is 11.9 Å². The highest BCUT2D eigenvalue weighted by atomic mass is 32.2. The third-order valence-corrected chi connectivity index (χ3v) is 2.71. The molecule has 0 rings (SSSR count). The number of thioether (sulfide) groups is 1. The molecule has 68 valence electrons. The van der Waals surface area contributed by atoms with Gasteiger partial charge in [-0.25, -0.2) is 0 Å². The predicted molar refractivity (Wildman–Crippen MR) is 46.7 cm³/mol. The number of hydrogen-bond acceptors (Lipinski definition) is 4. The monoisotopic (exact) mass is 180 g/mol. The molecular formula is C7H16O3S. The molecule has 3 atom stereocenters. The summed E-state index contributed by atoms with van der Waals surface area (Å²) in [5.74, 6) is 0. The van der Waals surface area contributed by atoms with Gasteiger partial charge >= 0.3 is 0 Å². The molecule has 0 aliphatic heterocycles. The Morgan fingerprint density at radius 3 is 2.18 bits per heavy atom. The second-order valence-corrected chi connectivity index (χ2v) is 3.59. The number of hydrogen-bond donors (Lipinski definition) is 3. The van der Waals surface area contributed by atoms with E-state index < -0.39 is 12.2 Å². The van der Waals surface area contributed by atoms with Crippen molar-refractivity contribution in [2.75, 3.05) is 12.9 Å². The van der Waals surface area contributed by atoms with Crippen molar-refractivity contribution in [1.29, 1.82) is 0 Å². The molecule has 3 N–H and O–H groups in total. The lowest BCUT2D eigenvalue weighted by molar-refractivity contribution is 0.0266. The highest BCUT2D eigenvalue weighted by molar-refractivity contribution is 7.99. The van der Waals surface area contributed by atoms with Crippen molar-refractivity contribution in [3.05, 3.63) is 0 Å². The molecule has 0 heterocycles. The zero-order valence-corrected chi connectivity index (χ0v) is 7.71. The van der Waals surface area contributed by atoms with Gasteiger partial charge in [-0.1, -0.05) is 0 Å². The third kappa shape index (κ3) is 3.96. The van der Waals surface area contributed by atoms with Crippen LogP contribution in [0.3, 0.4) is 0 Å². The van der Waals surface area contributed by atoms with Crippen LogP contribution in [0.5, 0.6) is 0 Å². The van der Waals surface area contributed by atoms with Crippen molar-refractivity contribution in [1.82, 2.24) is 0 Å². The highest BCUT2D eigenvalue weighted by Crippen LogP contribution is 2.17. The van der Waals surface area contributed by atoms with E-state index in [1.807, 2.05) is 6.26 Å². The van der Waals surface area contributed by atoms with Gasteiger partial charge in [0.25, 0.3) is 0 Å². The summed E-state index contributed by atoms with van der Waals surface area (Å²) in [6, 6.07) is 0. The number of aliphatic hydroxyl groups is 3. The number of rotatable bonds is 5. The van der Waals surface area contributed by atoms with Gasteiger partial charge in [-0.3, -0.25) is 0 Å². The van der Waals surface area contributed by atoms with Crippen LogP contribution in [0, 0.1) is 0 Å². The highest BCUT2D eigenvalue weighted by Gasteiger charge is 2.21. The van der Waals surface area contributed by atoms with E-state index in [0.717, 1.165) is 0 Å². The first-order valence-electron chi connectivity index (χ1n) is 3.63. The van der Waals surface area contributed by atoms with E-state index in [-0.39, 0.29) is 11.9 Å². The van der Waals surface area contributed by atoms with E-state index in [4.69, 9.17) is 10.2 Å². The maximum Gasteiger partial charge on any atom is 0.0915 e. The van der Waals surface area contributed by atoms with Crippen LogP contribution in [0.2, 0.25) is 0 Å². The molecule has 0 bridgehead atoms. The van der Waals surface area contributed by atoms with Crippen LogP contribution in [0.15, 0.2) is 0 Å². The van der Waals surface area contributed by atoms with Gasteiger partial charge < -0.3 is 15.3 Å². The molecular weight excluding hydrogens is 164 g/mol. The fourth-order valence-electron chi connectivity index (χ4n) is 0.866. The van der Waals surface area contributed by atoms with E-state index in [2.05, 4.69) is 0 Å². The Labute approximate surface area is 71.4 Å². The smallest absolute Gasteiger partial charge is 0.0915 e. The minimum absolute atomic E-state index is 0.0509. The van der Waals surface area contributed by atoms with Crippen molar-refractivity contribution in [3.63, 3.8) is 0 Å². The lowest BCUT2D eigenvalue weighted by Gasteiger charge is -2.22. The molecule has 3 nitrogen and oxygen atoms in total. The van der Waals surface area contributed by atoms with Crippen molar-refractivity contribution in [3.8, 4) is 0 Å². The summed E-state index contributed by atoms with van der Waals surface area (Å²) in [6.07, 6.45) is 0.912. The molecule has 0 saturated heterocycles. The molecule has 0 aromatic heterocycles. The van der Waals surface area contributed by atoms with Gasteiger partial charge in [-0.05, 0) is 19.6 Å². The molecule has 0 radical (unpaired) electrons. The first-order valence-corrected chi connectivity index (χ1v) is 4.92. The van der Waals surface area contributed by atoms with Gasteiger partial charge in [0.1, 0.15) is 0 Å². The van der Waals surface area contributed by atoms with Crippen molar-refractivity contribution in [2.45, 2.75) is 30.8 Å². The minimum atomic E-state index is -0.739. The third-order valence-electron chi connectivity index (χ3n) is 1.59. The lowest BCUT2D eigenvalue weighted by Crippen LogP contribution is -2.33. The molecule has 0 spiro atoms. The molecule has 0 fully saturated rings. The molecule has 0 aromatic rings. The maximum atomic E-state index is 9.34. The predicted octanol–water partition coefficient (Wildman–Crippen LogP) is -0.158. The Hall–Kier alpha value is 0.230. The van der Waals surface area contributed by atoms with Crippen LogP contribution in [-0.2, 0) is 0 Å². The second-order valence-electron chi connectivity index (χ2n) is 2.52. The molecule has 0 amide bonds. The Bertz CT molecular complexity index is 97.7. The quantitative estimate of drug-likeness (QED) is 0.550. The zero-order chi connectivity index (χ0) is 8.85. The van der Waals surface area contributed by atoms with E-state index in [0.29, 0.717) is 6.42 Å². The van der Waals surface area contributed by atoms with E-state index in [1.165, 1.54) is 11.8 Å². The summed E-state index contributed by atoms with van der Waals surface area (Å²) in [4.78, 5) is 0. The Kier molecular flexibility index (Phi) is 5.95. The average Bonchev–Trinajstić information content (AvgIpc) is 1.98. The summed E-state index contributed by atoms with van der Waals surface area (Å²) in [5.41, 5.74) is 0. The Balaban J connectivity index is 3.81. The van der Waals surface area contributed by atoms with Gasteiger partial charge in [0.15, 0.2) is 0 Å². The molecule has 0 aliphatic rings. The van der Waals surface area contributed by atoms with Crippen LogP contribution < -0.4 is 0 Å². The van der Waals surface area contributed by atoms with E-state index >= 15 is 0 Å². The maximum absolute atomic E-state index is 9.34. The molecule has 0 saturated carbocycles. The van der Waals surface area contributed by atoms with Gasteiger partial charge in [0.05, 0.1) is 12.2 Å². The molecule has 3 unspecified atom stereocenters. The molecule has 0 aromatic carbocycles. The van der Waals surface area contributed by atoms with Gasteiger partial charge in [-0.2, -0.15) is 11.8 Å². The lowest BCUT2D eigenvalue weighted by atomic mass is 10.1. The molecule has 11 heavy (non-hydrogen) atoms. The molecule has 4 heteroatoms. The van der Waals surface area contributed by atoms with E-state index in [9.17, 15) is 5.11 Å². The summed E-state index contributed by atoms with van der Waals surface area (Å²) >= 11 is 1.46. The van der Waals surface area contributed by atoms with E-state index in [1.54, 1.807) is 6.92 Å². The fraction of sp³-hybridized carbons (Fsp3) is 1.00. The average molecular weight is 180 g/mol. The fourth-order valence-corrected chi connectivity index (χ4v) is 1.71. The van der Waals surface area contributed by atoms with Crippen molar-refractivity contribution in [2.24, 2.45) is 0 Å². The largest absolute Gasteiger partial charge is 0.396 e. The van der Waals surface area contributed by atoms with Crippen LogP contribution >= 0.6 is 11.8 Å². The first kappa shape index (κ1) is 11.2. The van der Waals surface area contributed by atoms with Crippen LogP contribution in [0.4, 0.5) is 0 Å². The van der Waals surface area contributed by atoms with Crippen LogP contribution in [0.1, 0.15) is 13.3 Å².